The van der Waals surface area contributed by atoms with Crippen LogP contribution in [0.4, 0.5) is 20.4 Å². The number of rotatable bonds is 5. The van der Waals surface area contributed by atoms with Gasteiger partial charge in [0.1, 0.15) is 11.5 Å². The normalized spacial score (nSPS) is 10.4. The number of carbonyl (C=O) groups excluding carboxylic acids is 1. The SMILES string of the molecule is O=C(Nc1ccc(F)c(F)c1)c1ccnc(NCc2ccco2)n1. The van der Waals surface area contributed by atoms with E-state index in [4.69, 9.17) is 4.42 Å². The van der Waals surface area contributed by atoms with Crippen molar-refractivity contribution in [3.63, 3.8) is 0 Å². The zero-order chi connectivity index (χ0) is 16.9. The number of hydrogen-bond acceptors (Lipinski definition) is 5. The lowest BCUT2D eigenvalue weighted by atomic mass is 10.3. The summed E-state index contributed by atoms with van der Waals surface area (Å²) in [5, 5.41) is 5.36. The monoisotopic (exact) mass is 330 g/mol. The van der Waals surface area contributed by atoms with Crippen molar-refractivity contribution in [2.75, 3.05) is 10.6 Å². The predicted molar refractivity (Wildman–Crippen MR) is 82.4 cm³/mol. The van der Waals surface area contributed by atoms with Crippen molar-refractivity contribution in [3.8, 4) is 0 Å². The van der Waals surface area contributed by atoms with E-state index in [0.29, 0.717) is 12.3 Å². The molecule has 0 radical (unpaired) electrons. The molecule has 3 rings (SSSR count). The molecule has 2 heterocycles. The zero-order valence-corrected chi connectivity index (χ0v) is 12.3. The Kier molecular flexibility index (Phi) is 4.46. The van der Waals surface area contributed by atoms with Gasteiger partial charge in [-0.15, -0.1) is 0 Å². The molecular formula is C16H12F2N4O2. The minimum absolute atomic E-state index is 0.0803. The first-order valence-corrected chi connectivity index (χ1v) is 6.97. The van der Waals surface area contributed by atoms with E-state index in [9.17, 15) is 13.6 Å². The van der Waals surface area contributed by atoms with Gasteiger partial charge in [0.15, 0.2) is 11.6 Å². The first kappa shape index (κ1) is 15.6. The predicted octanol–water partition coefficient (Wildman–Crippen LogP) is 3.21. The lowest BCUT2D eigenvalue weighted by molar-refractivity contribution is 0.102. The van der Waals surface area contributed by atoms with E-state index in [2.05, 4.69) is 20.6 Å². The van der Waals surface area contributed by atoms with Gasteiger partial charge in [-0.2, -0.15) is 0 Å². The first-order chi connectivity index (χ1) is 11.6. The second-order valence-electron chi connectivity index (χ2n) is 4.78. The van der Waals surface area contributed by atoms with Gasteiger partial charge < -0.3 is 15.1 Å². The highest BCUT2D eigenvalue weighted by molar-refractivity contribution is 6.02. The van der Waals surface area contributed by atoms with Gasteiger partial charge in [0.05, 0.1) is 12.8 Å². The molecule has 0 saturated heterocycles. The number of hydrogen-bond donors (Lipinski definition) is 2. The molecule has 2 aromatic heterocycles. The molecule has 0 aliphatic heterocycles. The van der Waals surface area contributed by atoms with E-state index in [0.717, 1.165) is 12.1 Å². The highest BCUT2D eigenvalue weighted by Gasteiger charge is 2.11. The lowest BCUT2D eigenvalue weighted by Crippen LogP contribution is -2.15. The molecule has 122 valence electrons. The van der Waals surface area contributed by atoms with E-state index in [1.807, 2.05) is 0 Å². The van der Waals surface area contributed by atoms with Gasteiger partial charge in [-0.25, -0.2) is 18.7 Å². The molecular weight excluding hydrogens is 318 g/mol. The minimum atomic E-state index is -1.05. The van der Waals surface area contributed by atoms with Gasteiger partial charge in [0.2, 0.25) is 5.95 Å². The summed E-state index contributed by atoms with van der Waals surface area (Å²) < 4.78 is 31.2. The Balaban J connectivity index is 1.68. The van der Waals surface area contributed by atoms with Crippen LogP contribution in [-0.4, -0.2) is 15.9 Å². The molecule has 0 aliphatic rings. The van der Waals surface area contributed by atoms with Crippen LogP contribution in [0.3, 0.4) is 0 Å². The van der Waals surface area contributed by atoms with Crippen molar-refractivity contribution in [1.82, 2.24) is 9.97 Å². The van der Waals surface area contributed by atoms with Crippen LogP contribution in [0.25, 0.3) is 0 Å². The van der Waals surface area contributed by atoms with Gasteiger partial charge >= 0.3 is 0 Å². The number of benzene rings is 1. The maximum atomic E-state index is 13.2. The van der Waals surface area contributed by atoms with Crippen molar-refractivity contribution < 1.29 is 18.0 Å². The first-order valence-electron chi connectivity index (χ1n) is 6.97. The Labute approximate surface area is 135 Å². The number of nitrogens with zero attached hydrogens (tertiary/aromatic N) is 2. The van der Waals surface area contributed by atoms with Crippen LogP contribution in [0, 0.1) is 11.6 Å². The van der Waals surface area contributed by atoms with E-state index in [-0.39, 0.29) is 17.3 Å². The third-order valence-electron chi connectivity index (χ3n) is 3.07. The summed E-state index contributed by atoms with van der Waals surface area (Å²) in [5.41, 5.74) is 0.208. The van der Waals surface area contributed by atoms with Crippen LogP contribution in [0.1, 0.15) is 16.2 Å². The number of aromatic nitrogens is 2. The molecule has 0 saturated carbocycles. The van der Waals surface area contributed by atoms with Gasteiger partial charge in [-0.1, -0.05) is 0 Å². The summed E-state index contributed by atoms with van der Waals surface area (Å²) in [5.74, 6) is -1.67. The van der Waals surface area contributed by atoms with E-state index in [1.165, 1.54) is 18.3 Å². The Hall–Kier alpha value is -3.29. The van der Waals surface area contributed by atoms with Gasteiger partial charge in [-0.3, -0.25) is 4.79 Å². The van der Waals surface area contributed by atoms with E-state index in [1.54, 1.807) is 18.4 Å². The molecule has 3 aromatic rings. The van der Waals surface area contributed by atoms with Crippen molar-refractivity contribution in [2.24, 2.45) is 0 Å². The molecule has 0 spiro atoms. The summed E-state index contributed by atoms with van der Waals surface area (Å²) in [6.07, 6.45) is 2.96. The number of carbonyl (C=O) groups is 1. The summed E-state index contributed by atoms with van der Waals surface area (Å²) in [6, 6.07) is 8.03. The molecule has 0 unspecified atom stereocenters. The average Bonchev–Trinajstić information content (AvgIpc) is 3.10. The molecule has 1 aromatic carbocycles. The summed E-state index contributed by atoms with van der Waals surface area (Å²) in [4.78, 5) is 20.2. The summed E-state index contributed by atoms with van der Waals surface area (Å²) in [7, 11) is 0. The number of amides is 1. The van der Waals surface area contributed by atoms with Crippen molar-refractivity contribution in [3.05, 3.63) is 71.9 Å². The second-order valence-corrected chi connectivity index (χ2v) is 4.78. The fourth-order valence-corrected chi connectivity index (χ4v) is 1.92. The Morgan fingerprint density at radius 1 is 1.17 bits per heavy atom. The minimum Gasteiger partial charge on any atom is -0.467 e. The highest BCUT2D eigenvalue weighted by Crippen LogP contribution is 2.14. The number of furan rings is 1. The molecule has 0 atom stereocenters. The smallest absolute Gasteiger partial charge is 0.274 e. The third-order valence-corrected chi connectivity index (χ3v) is 3.07. The van der Waals surface area contributed by atoms with Gasteiger partial charge in [0.25, 0.3) is 5.91 Å². The van der Waals surface area contributed by atoms with Crippen LogP contribution in [0.5, 0.6) is 0 Å². The Bertz CT molecular complexity index is 853. The van der Waals surface area contributed by atoms with Crippen molar-refractivity contribution >= 4 is 17.5 Å². The molecule has 2 N–H and O–H groups in total. The molecule has 8 heteroatoms. The molecule has 6 nitrogen and oxygen atoms in total. The maximum absolute atomic E-state index is 13.2. The van der Waals surface area contributed by atoms with Crippen LogP contribution in [-0.2, 0) is 6.54 Å². The highest BCUT2D eigenvalue weighted by atomic mass is 19.2. The van der Waals surface area contributed by atoms with Crippen LogP contribution >= 0.6 is 0 Å². The quantitative estimate of drug-likeness (QED) is 0.751. The maximum Gasteiger partial charge on any atom is 0.274 e. The Morgan fingerprint density at radius 2 is 2.04 bits per heavy atom. The Morgan fingerprint density at radius 3 is 2.79 bits per heavy atom. The van der Waals surface area contributed by atoms with Crippen molar-refractivity contribution in [1.29, 1.82) is 0 Å². The standard InChI is InChI=1S/C16H12F2N4O2/c17-12-4-3-10(8-13(12)18)21-15(23)14-5-6-19-16(22-14)20-9-11-2-1-7-24-11/h1-8H,9H2,(H,21,23)(H,19,20,22). The fourth-order valence-electron chi connectivity index (χ4n) is 1.92. The van der Waals surface area contributed by atoms with E-state index >= 15 is 0 Å². The van der Waals surface area contributed by atoms with Gasteiger partial charge in [0, 0.05) is 18.0 Å². The van der Waals surface area contributed by atoms with Crippen LogP contribution < -0.4 is 10.6 Å². The van der Waals surface area contributed by atoms with Gasteiger partial charge in [-0.05, 0) is 30.3 Å². The molecule has 0 fully saturated rings. The van der Waals surface area contributed by atoms with Crippen molar-refractivity contribution in [2.45, 2.75) is 6.54 Å². The zero-order valence-electron chi connectivity index (χ0n) is 12.3. The molecule has 0 aliphatic carbocycles. The molecule has 24 heavy (non-hydrogen) atoms. The largest absolute Gasteiger partial charge is 0.467 e. The lowest BCUT2D eigenvalue weighted by Gasteiger charge is -2.07. The van der Waals surface area contributed by atoms with E-state index < -0.39 is 17.5 Å². The number of halogens is 2. The molecule has 1 amide bonds. The second kappa shape index (κ2) is 6.86. The number of anilines is 2. The fraction of sp³-hybridized carbons (Fsp3) is 0.0625. The van der Waals surface area contributed by atoms with Crippen LogP contribution in [0.15, 0.2) is 53.3 Å². The number of nitrogens with one attached hydrogen (secondary N) is 2. The topological polar surface area (TPSA) is 80.0 Å². The molecule has 0 bridgehead atoms. The summed E-state index contributed by atoms with van der Waals surface area (Å²) in [6.45, 7) is 0.362. The average molecular weight is 330 g/mol. The summed E-state index contributed by atoms with van der Waals surface area (Å²) >= 11 is 0. The van der Waals surface area contributed by atoms with Crippen LogP contribution in [0.2, 0.25) is 0 Å². The third kappa shape index (κ3) is 3.72.